The quantitative estimate of drug-likeness (QED) is 0.210. The molecule has 1 aromatic rings. The normalized spacial score (nSPS) is 38.0. The van der Waals surface area contributed by atoms with Gasteiger partial charge >= 0.3 is 11.9 Å². The molecular formula is C43H64N2O6. The van der Waals surface area contributed by atoms with Crippen LogP contribution < -0.4 is 5.32 Å². The number of pyridine rings is 1. The number of allylic oxidation sites excluding steroid dienone is 1. The second-order valence-electron chi connectivity index (χ2n) is 19.5. The molecule has 0 spiro atoms. The van der Waals surface area contributed by atoms with E-state index in [0.29, 0.717) is 31.3 Å². The van der Waals surface area contributed by atoms with Crippen LogP contribution >= 0.6 is 0 Å². The Kier molecular flexibility index (Phi) is 9.78. The molecule has 5 aliphatic rings. The van der Waals surface area contributed by atoms with Crippen molar-refractivity contribution in [3.63, 3.8) is 0 Å². The van der Waals surface area contributed by atoms with Crippen LogP contribution in [0, 0.1) is 56.2 Å². The molecule has 0 radical (unpaired) electrons. The average Bonchev–Trinajstić information content (AvgIpc) is 3.36. The number of aromatic nitrogens is 1. The first-order chi connectivity index (χ1) is 23.7. The standard InChI is InChI=1S/C43H64N2O6/c1-26(2)35-29(46)22-43(32(47)25-44-24-27-12-10-11-21-45-27)20-19-41(8)28(36(35)43)13-14-31-40(7)17-16-33(51-34(48)23-38(3,4)37(49)50)39(5,6)30(40)15-18-42(31,41)9/h10-12,21,26,28,30-33,44,47H,13-20,22-25H2,1-9H3,(H,49,50). The van der Waals surface area contributed by atoms with Crippen molar-refractivity contribution in [1.82, 2.24) is 10.3 Å². The number of hydrogen-bond acceptors (Lipinski definition) is 7. The number of esters is 1. The third kappa shape index (κ3) is 5.93. The number of nitrogens with zero attached hydrogens (tertiary/aromatic N) is 1. The molecule has 0 amide bonds. The van der Waals surface area contributed by atoms with E-state index in [4.69, 9.17) is 4.74 Å². The Bertz CT molecular complexity index is 1570. The second-order valence-corrected chi connectivity index (χ2v) is 19.5. The number of aliphatic hydroxyl groups excluding tert-OH is 1. The minimum absolute atomic E-state index is 0.00946. The van der Waals surface area contributed by atoms with Crippen LogP contribution in [0.4, 0.5) is 0 Å². The average molecular weight is 705 g/mol. The number of aliphatic carboxylic acids is 1. The Morgan fingerprint density at radius 1 is 0.980 bits per heavy atom. The van der Waals surface area contributed by atoms with Gasteiger partial charge in [0.1, 0.15) is 6.10 Å². The van der Waals surface area contributed by atoms with Crippen molar-refractivity contribution < 1.29 is 29.3 Å². The first kappa shape index (κ1) is 38.2. The zero-order valence-corrected chi connectivity index (χ0v) is 32.7. The molecule has 0 saturated heterocycles. The van der Waals surface area contributed by atoms with Crippen LogP contribution in [0.1, 0.15) is 132 Å². The molecule has 3 N–H and O–H groups in total. The SMILES string of the molecule is CC(C)C1=C2C3CCC4C5(C)CCC(OC(=O)CC(C)(C)C(=O)O)C(C)(C)C5CCC4(C)C3(C)CCC2(C(O)CNCc2ccccn2)CC1=O. The minimum atomic E-state index is -1.16. The van der Waals surface area contributed by atoms with Gasteiger partial charge in [0, 0.05) is 36.5 Å². The number of carbonyl (C=O) groups excluding carboxylic acids is 2. The summed E-state index contributed by atoms with van der Waals surface area (Å²) in [6.45, 7) is 20.6. The number of carbonyl (C=O) groups is 3. The summed E-state index contributed by atoms with van der Waals surface area (Å²) < 4.78 is 6.16. The summed E-state index contributed by atoms with van der Waals surface area (Å²) in [4.78, 5) is 43.2. The van der Waals surface area contributed by atoms with E-state index in [0.717, 1.165) is 62.6 Å². The van der Waals surface area contributed by atoms with Crippen molar-refractivity contribution in [1.29, 1.82) is 0 Å². The van der Waals surface area contributed by atoms with Crippen molar-refractivity contribution in [2.75, 3.05) is 6.54 Å². The van der Waals surface area contributed by atoms with Crippen LogP contribution in [0.5, 0.6) is 0 Å². The van der Waals surface area contributed by atoms with E-state index in [9.17, 15) is 24.6 Å². The van der Waals surface area contributed by atoms with Gasteiger partial charge in [-0.05, 0) is 123 Å². The predicted molar refractivity (Wildman–Crippen MR) is 197 cm³/mol. The molecule has 6 rings (SSSR count). The number of hydrogen-bond donors (Lipinski definition) is 3. The summed E-state index contributed by atoms with van der Waals surface area (Å²) in [6, 6.07) is 5.87. The van der Waals surface area contributed by atoms with E-state index >= 15 is 0 Å². The van der Waals surface area contributed by atoms with Gasteiger partial charge < -0.3 is 20.3 Å². The fourth-order valence-electron chi connectivity index (χ4n) is 12.9. The minimum Gasteiger partial charge on any atom is -0.481 e. The summed E-state index contributed by atoms with van der Waals surface area (Å²) in [7, 11) is 0. The number of ketones is 1. The number of carboxylic acids is 1. The lowest BCUT2D eigenvalue weighted by molar-refractivity contribution is -0.235. The van der Waals surface area contributed by atoms with Crippen LogP contribution in [0.2, 0.25) is 0 Å². The Morgan fingerprint density at radius 3 is 2.35 bits per heavy atom. The lowest BCUT2D eigenvalue weighted by atomic mass is 9.33. The first-order valence-electron chi connectivity index (χ1n) is 19.7. The van der Waals surface area contributed by atoms with Crippen LogP contribution in [0.3, 0.4) is 0 Å². The van der Waals surface area contributed by atoms with E-state index < -0.39 is 28.9 Å². The van der Waals surface area contributed by atoms with Gasteiger partial charge in [0.25, 0.3) is 0 Å². The highest BCUT2D eigenvalue weighted by Crippen LogP contribution is 2.77. The Balaban J connectivity index is 1.26. The maximum atomic E-state index is 14.0. The van der Waals surface area contributed by atoms with Gasteiger partial charge in [0.05, 0.1) is 23.6 Å². The molecule has 0 aromatic carbocycles. The maximum absolute atomic E-state index is 14.0. The zero-order valence-electron chi connectivity index (χ0n) is 32.7. The van der Waals surface area contributed by atoms with Crippen molar-refractivity contribution in [2.45, 2.75) is 145 Å². The van der Waals surface area contributed by atoms with E-state index in [1.54, 1.807) is 20.0 Å². The lowest BCUT2D eigenvalue weighted by Gasteiger charge is -2.72. The molecule has 0 bridgehead atoms. The van der Waals surface area contributed by atoms with E-state index in [2.05, 4.69) is 58.8 Å². The number of nitrogens with one attached hydrogen (secondary N) is 1. The third-order valence-corrected chi connectivity index (χ3v) is 15.9. The topological polar surface area (TPSA) is 126 Å². The fraction of sp³-hybridized carbons (Fsp3) is 0.767. The first-order valence-corrected chi connectivity index (χ1v) is 19.7. The molecule has 1 aromatic heterocycles. The van der Waals surface area contributed by atoms with Gasteiger partial charge in [-0.15, -0.1) is 0 Å². The molecule has 1 heterocycles. The Hall–Kier alpha value is -2.58. The number of Topliss-reactive ketones (excluding diaryl/α,β-unsaturated/α-hetero) is 1. The predicted octanol–water partition coefficient (Wildman–Crippen LogP) is 7.93. The smallest absolute Gasteiger partial charge is 0.309 e. The lowest BCUT2D eigenvalue weighted by Crippen LogP contribution is -2.66. The van der Waals surface area contributed by atoms with Gasteiger partial charge in [-0.25, -0.2) is 0 Å². The maximum Gasteiger partial charge on any atom is 0.309 e. The highest BCUT2D eigenvalue weighted by Gasteiger charge is 2.70. The van der Waals surface area contributed by atoms with Gasteiger partial charge in [-0.1, -0.05) is 60.1 Å². The van der Waals surface area contributed by atoms with Crippen LogP contribution in [-0.4, -0.2) is 51.7 Å². The fourth-order valence-corrected chi connectivity index (χ4v) is 12.9. The molecule has 4 fully saturated rings. The highest BCUT2D eigenvalue weighted by atomic mass is 16.5. The molecule has 9 unspecified atom stereocenters. The van der Waals surface area contributed by atoms with E-state index in [1.807, 2.05) is 18.2 Å². The molecular weight excluding hydrogens is 640 g/mol. The summed E-state index contributed by atoms with van der Waals surface area (Å²) in [5, 5.41) is 25.2. The van der Waals surface area contributed by atoms with Crippen LogP contribution in [0.25, 0.3) is 0 Å². The molecule has 282 valence electrons. The number of aliphatic hydroxyl groups is 1. The Morgan fingerprint density at radius 2 is 1.71 bits per heavy atom. The van der Waals surface area contributed by atoms with Crippen molar-refractivity contribution in [3.05, 3.63) is 41.2 Å². The van der Waals surface area contributed by atoms with Gasteiger partial charge in [-0.3, -0.25) is 19.4 Å². The van der Waals surface area contributed by atoms with E-state index in [-0.39, 0.29) is 51.8 Å². The van der Waals surface area contributed by atoms with Crippen molar-refractivity contribution in [3.8, 4) is 0 Å². The zero-order chi connectivity index (χ0) is 37.4. The number of fused-ring (bicyclic) bond motifs is 7. The van der Waals surface area contributed by atoms with Crippen LogP contribution in [-0.2, 0) is 25.7 Å². The second kappa shape index (κ2) is 13.1. The van der Waals surface area contributed by atoms with Gasteiger partial charge in [-0.2, -0.15) is 0 Å². The summed E-state index contributed by atoms with van der Waals surface area (Å²) in [6.07, 6.45) is 8.99. The van der Waals surface area contributed by atoms with Gasteiger partial charge in [0.2, 0.25) is 0 Å². The van der Waals surface area contributed by atoms with Crippen LogP contribution in [0.15, 0.2) is 35.5 Å². The van der Waals surface area contributed by atoms with Gasteiger partial charge in [0.15, 0.2) is 5.78 Å². The summed E-state index contributed by atoms with van der Waals surface area (Å²) in [5.41, 5.74) is 1.40. The molecule has 0 aliphatic heterocycles. The summed E-state index contributed by atoms with van der Waals surface area (Å²) in [5.74, 6) is 0.0552. The molecule has 5 aliphatic carbocycles. The highest BCUT2D eigenvalue weighted by molar-refractivity contribution is 6.00. The Labute approximate surface area is 306 Å². The van der Waals surface area contributed by atoms with Crippen molar-refractivity contribution in [2.24, 2.45) is 56.2 Å². The third-order valence-electron chi connectivity index (χ3n) is 15.9. The molecule has 51 heavy (non-hydrogen) atoms. The van der Waals surface area contributed by atoms with E-state index in [1.165, 1.54) is 5.57 Å². The molecule has 8 heteroatoms. The number of carboxylic acid groups (broad SMARTS) is 1. The molecule has 8 nitrogen and oxygen atoms in total. The molecule has 9 atom stereocenters. The van der Waals surface area contributed by atoms with Crippen molar-refractivity contribution >= 4 is 17.7 Å². The number of rotatable bonds is 10. The monoisotopic (exact) mass is 704 g/mol. The largest absolute Gasteiger partial charge is 0.481 e. The summed E-state index contributed by atoms with van der Waals surface area (Å²) >= 11 is 0. The number of ether oxygens (including phenoxy) is 1. The molecule has 4 saturated carbocycles.